The fourth-order valence-corrected chi connectivity index (χ4v) is 3.96. The number of carboxylic acid groups (broad SMARTS) is 1. The van der Waals surface area contributed by atoms with E-state index >= 15 is 0 Å². The zero-order valence-electron chi connectivity index (χ0n) is 14.4. The molecule has 5 nitrogen and oxygen atoms in total. The van der Waals surface area contributed by atoms with Gasteiger partial charge in [0.1, 0.15) is 10.5 Å². The van der Waals surface area contributed by atoms with Crippen LogP contribution in [0.2, 0.25) is 10.0 Å². The smallest absolute Gasteiger partial charge is 0.303 e. The summed E-state index contributed by atoms with van der Waals surface area (Å²) in [6.45, 7) is 2.19. The van der Waals surface area contributed by atoms with Crippen LogP contribution in [0.4, 0.5) is 5.69 Å². The molecule has 0 saturated heterocycles. The Balaban J connectivity index is 1.93. The Hall–Kier alpha value is -2.15. The van der Waals surface area contributed by atoms with Crippen molar-refractivity contribution < 1.29 is 14.7 Å². The molecule has 1 heterocycles. The lowest BCUT2D eigenvalue weighted by molar-refractivity contribution is -0.138. The van der Waals surface area contributed by atoms with Crippen LogP contribution in [0.5, 0.6) is 0 Å². The molecular weight excluding hydrogens is 407 g/mol. The van der Waals surface area contributed by atoms with Crippen LogP contribution in [0.25, 0.3) is 10.2 Å². The summed E-state index contributed by atoms with van der Waals surface area (Å²) in [5, 5.41) is 10.4. The minimum Gasteiger partial charge on any atom is -0.481 e. The molecule has 0 radical (unpaired) electrons. The van der Waals surface area contributed by atoms with Gasteiger partial charge in [-0.3, -0.25) is 9.59 Å². The fourth-order valence-electron chi connectivity index (χ4n) is 2.58. The highest BCUT2D eigenvalue weighted by Crippen LogP contribution is 2.34. The zero-order valence-corrected chi connectivity index (χ0v) is 16.7. The zero-order chi connectivity index (χ0) is 19.6. The summed E-state index contributed by atoms with van der Waals surface area (Å²) < 4.78 is 0.876. The van der Waals surface area contributed by atoms with Crippen molar-refractivity contribution in [3.63, 3.8) is 0 Å². The van der Waals surface area contributed by atoms with Crippen LogP contribution in [-0.4, -0.2) is 22.0 Å². The molecule has 0 bridgehead atoms. The minimum absolute atomic E-state index is 0.0826. The third kappa shape index (κ3) is 4.58. The van der Waals surface area contributed by atoms with Crippen molar-refractivity contribution >= 4 is 62.3 Å². The number of carbonyl (C=O) groups excluding carboxylic acids is 1. The maximum Gasteiger partial charge on any atom is 0.303 e. The highest BCUT2D eigenvalue weighted by atomic mass is 35.5. The van der Waals surface area contributed by atoms with Gasteiger partial charge in [0.15, 0.2) is 0 Å². The van der Waals surface area contributed by atoms with Gasteiger partial charge in [-0.25, -0.2) is 4.98 Å². The molecule has 0 saturated carbocycles. The molecule has 0 aliphatic heterocycles. The van der Waals surface area contributed by atoms with Crippen molar-refractivity contribution in [3.05, 3.63) is 57.0 Å². The molecule has 2 aromatic carbocycles. The number of nitrogens with zero attached hydrogens (tertiary/aromatic N) is 2. The summed E-state index contributed by atoms with van der Waals surface area (Å²) in [6.07, 6.45) is -0.302. The molecule has 0 unspecified atom stereocenters. The molecule has 0 aliphatic rings. The number of fused-ring (bicyclic) bond motifs is 1. The first kappa shape index (κ1) is 19.6. The van der Waals surface area contributed by atoms with Crippen molar-refractivity contribution in [2.75, 3.05) is 4.90 Å². The monoisotopic (exact) mass is 422 g/mol. The molecule has 3 rings (SSSR count). The van der Waals surface area contributed by atoms with Crippen molar-refractivity contribution in [3.8, 4) is 0 Å². The van der Waals surface area contributed by atoms with Crippen LogP contribution in [0.3, 0.4) is 0 Å². The topological polar surface area (TPSA) is 70.5 Å². The summed E-state index contributed by atoms with van der Waals surface area (Å²) in [5.74, 6) is -1.28. The van der Waals surface area contributed by atoms with Crippen LogP contribution in [0.15, 0.2) is 36.4 Å². The van der Waals surface area contributed by atoms with Gasteiger partial charge in [-0.15, -0.1) is 11.3 Å². The maximum atomic E-state index is 12.7. The van der Waals surface area contributed by atoms with E-state index in [0.29, 0.717) is 26.3 Å². The quantitative estimate of drug-likeness (QED) is 0.584. The summed E-state index contributed by atoms with van der Waals surface area (Å²) in [5.41, 5.74) is 2.36. The average Bonchev–Trinajstić information content (AvgIpc) is 3.05. The summed E-state index contributed by atoms with van der Waals surface area (Å²) in [7, 11) is 0. The molecular formula is C19H16Cl2N2O3S. The maximum absolute atomic E-state index is 12.7. The normalized spacial score (nSPS) is 10.9. The number of aromatic nitrogens is 1. The summed E-state index contributed by atoms with van der Waals surface area (Å²) in [6, 6.07) is 11.0. The van der Waals surface area contributed by atoms with Crippen molar-refractivity contribution in [2.45, 2.75) is 26.3 Å². The van der Waals surface area contributed by atoms with Gasteiger partial charge in [0.25, 0.3) is 0 Å². The van der Waals surface area contributed by atoms with Crippen LogP contribution in [0, 0.1) is 6.92 Å². The van der Waals surface area contributed by atoms with E-state index in [0.717, 1.165) is 10.3 Å². The Morgan fingerprint density at radius 1 is 1.11 bits per heavy atom. The molecule has 0 aliphatic carbocycles. The lowest BCUT2D eigenvalue weighted by Crippen LogP contribution is -2.30. The number of aryl methyl sites for hydroxylation is 1. The van der Waals surface area contributed by atoms with E-state index in [-0.39, 0.29) is 25.3 Å². The van der Waals surface area contributed by atoms with Gasteiger partial charge in [-0.1, -0.05) is 40.9 Å². The first-order valence-electron chi connectivity index (χ1n) is 8.17. The molecule has 0 atom stereocenters. The lowest BCUT2D eigenvalue weighted by Gasteiger charge is -2.22. The summed E-state index contributed by atoms with van der Waals surface area (Å²) in [4.78, 5) is 29.6. The minimum atomic E-state index is -1.01. The lowest BCUT2D eigenvalue weighted by atomic mass is 10.2. The van der Waals surface area contributed by atoms with E-state index < -0.39 is 5.97 Å². The number of thiazole rings is 1. The molecule has 0 fully saturated rings. The molecule has 1 N–H and O–H groups in total. The second kappa shape index (κ2) is 8.25. The first-order valence-corrected chi connectivity index (χ1v) is 9.74. The van der Waals surface area contributed by atoms with Gasteiger partial charge in [0.05, 0.1) is 27.7 Å². The number of rotatable bonds is 6. The Labute approximate surface area is 170 Å². The Bertz CT molecular complexity index is 1000. The number of benzene rings is 2. The van der Waals surface area contributed by atoms with Crippen LogP contribution in [0.1, 0.15) is 23.4 Å². The highest BCUT2D eigenvalue weighted by molar-refractivity contribution is 7.18. The van der Waals surface area contributed by atoms with E-state index in [1.807, 2.05) is 37.3 Å². The Kier molecular flexibility index (Phi) is 5.99. The predicted molar refractivity (Wildman–Crippen MR) is 109 cm³/mol. The number of carbonyl (C=O) groups is 2. The van der Waals surface area contributed by atoms with E-state index in [9.17, 15) is 9.59 Å². The molecule has 140 valence electrons. The van der Waals surface area contributed by atoms with Crippen LogP contribution < -0.4 is 4.90 Å². The number of aliphatic carboxylic acids is 1. The third-order valence-corrected chi connectivity index (χ3v) is 5.79. The van der Waals surface area contributed by atoms with Crippen LogP contribution in [-0.2, 0) is 16.1 Å². The number of anilines is 1. The van der Waals surface area contributed by atoms with Gasteiger partial charge >= 0.3 is 5.97 Å². The predicted octanol–water partition coefficient (Wildman–Crippen LogP) is 5.31. The van der Waals surface area contributed by atoms with E-state index in [1.165, 1.54) is 11.3 Å². The average molecular weight is 423 g/mol. The Morgan fingerprint density at radius 3 is 2.48 bits per heavy atom. The third-order valence-electron chi connectivity index (χ3n) is 3.99. The van der Waals surface area contributed by atoms with Gasteiger partial charge in [-0.05, 0) is 31.2 Å². The standard InChI is InChI=1S/C19H16Cl2N2O3S/c1-11-2-4-12(5-3-11)23(16(24)8-9-17(25)26)10-15-22-19-14(27-15)7-6-13(20)18(19)21/h2-7H,8-10H2,1H3,(H,25,26). The molecule has 3 aromatic rings. The number of amides is 1. The van der Waals surface area contributed by atoms with E-state index in [1.54, 1.807) is 11.0 Å². The largest absolute Gasteiger partial charge is 0.481 e. The number of carboxylic acids is 1. The molecule has 0 spiro atoms. The molecule has 27 heavy (non-hydrogen) atoms. The van der Waals surface area contributed by atoms with Gasteiger partial charge < -0.3 is 10.0 Å². The van der Waals surface area contributed by atoms with Crippen molar-refractivity contribution in [1.29, 1.82) is 0 Å². The SMILES string of the molecule is Cc1ccc(N(Cc2nc3c(Cl)c(Cl)ccc3s2)C(=O)CCC(=O)O)cc1. The first-order chi connectivity index (χ1) is 12.8. The highest BCUT2D eigenvalue weighted by Gasteiger charge is 2.20. The van der Waals surface area contributed by atoms with Crippen molar-refractivity contribution in [1.82, 2.24) is 4.98 Å². The fraction of sp³-hybridized carbons (Fsp3) is 0.211. The molecule has 8 heteroatoms. The molecule has 1 aromatic heterocycles. The second-order valence-corrected chi connectivity index (χ2v) is 7.93. The van der Waals surface area contributed by atoms with Gasteiger partial charge in [0, 0.05) is 12.1 Å². The van der Waals surface area contributed by atoms with Crippen molar-refractivity contribution in [2.24, 2.45) is 0 Å². The Morgan fingerprint density at radius 2 is 1.81 bits per heavy atom. The van der Waals surface area contributed by atoms with Crippen LogP contribution >= 0.6 is 34.5 Å². The second-order valence-electron chi connectivity index (χ2n) is 6.02. The van der Waals surface area contributed by atoms with E-state index in [2.05, 4.69) is 4.98 Å². The number of halogens is 2. The molecule has 1 amide bonds. The van der Waals surface area contributed by atoms with Gasteiger partial charge in [-0.2, -0.15) is 0 Å². The van der Waals surface area contributed by atoms with Gasteiger partial charge in [0.2, 0.25) is 5.91 Å². The van der Waals surface area contributed by atoms with E-state index in [4.69, 9.17) is 28.3 Å². The summed E-state index contributed by atoms with van der Waals surface area (Å²) >= 11 is 13.7. The number of hydrogen-bond donors (Lipinski definition) is 1. The number of hydrogen-bond acceptors (Lipinski definition) is 4.